The molecule has 1 N–H and O–H groups in total. The van der Waals surface area contributed by atoms with Crippen LogP contribution in [0.3, 0.4) is 0 Å². The summed E-state index contributed by atoms with van der Waals surface area (Å²) in [5.41, 5.74) is 3.50. The van der Waals surface area contributed by atoms with Crippen molar-refractivity contribution >= 4 is 17.3 Å². The third-order valence-electron chi connectivity index (χ3n) is 3.57. The Kier molecular flexibility index (Phi) is 3.97. The van der Waals surface area contributed by atoms with Crippen molar-refractivity contribution in [1.82, 2.24) is 0 Å². The molecule has 0 fully saturated rings. The van der Waals surface area contributed by atoms with Gasteiger partial charge in [0.15, 0.2) is 0 Å². The molecule has 0 aliphatic heterocycles. The van der Waals surface area contributed by atoms with Gasteiger partial charge in [-0.05, 0) is 42.2 Å². The molecule has 0 atom stereocenters. The lowest BCUT2D eigenvalue weighted by Gasteiger charge is -2.15. The maximum Gasteiger partial charge on any atom is 0.387 e. The van der Waals surface area contributed by atoms with Crippen LogP contribution in [-0.2, 0) is 12.8 Å². The van der Waals surface area contributed by atoms with Crippen LogP contribution in [-0.4, -0.2) is 12.7 Å². The minimum Gasteiger partial charge on any atom is -0.433 e. The number of halogens is 3. The third-order valence-corrected chi connectivity index (χ3v) is 3.87. The van der Waals surface area contributed by atoms with Gasteiger partial charge in [0, 0.05) is 11.7 Å². The highest BCUT2D eigenvalue weighted by molar-refractivity contribution is 6.32. The topological polar surface area (TPSA) is 21.3 Å². The molecule has 0 radical (unpaired) electrons. The van der Waals surface area contributed by atoms with Gasteiger partial charge in [0.25, 0.3) is 0 Å². The van der Waals surface area contributed by atoms with Crippen LogP contribution in [0.5, 0.6) is 5.75 Å². The standard InChI is InChI=1S/C16H14ClF2NO/c17-14-9-12(5-6-15(14)21-16(18)19)20-13-7-10-3-1-2-4-11(10)8-13/h1-6,9,13,16,20H,7-8H2. The number of ether oxygens (including phenoxy) is 1. The van der Waals surface area contributed by atoms with E-state index in [9.17, 15) is 8.78 Å². The molecule has 2 nitrogen and oxygen atoms in total. The summed E-state index contributed by atoms with van der Waals surface area (Å²) >= 11 is 5.95. The maximum atomic E-state index is 12.2. The molecule has 1 aliphatic carbocycles. The summed E-state index contributed by atoms with van der Waals surface area (Å²) in [5, 5.41) is 3.56. The summed E-state index contributed by atoms with van der Waals surface area (Å²) in [4.78, 5) is 0. The number of fused-ring (bicyclic) bond motifs is 1. The first kappa shape index (κ1) is 14.1. The average Bonchev–Trinajstić information content (AvgIpc) is 2.83. The van der Waals surface area contributed by atoms with Gasteiger partial charge in [-0.3, -0.25) is 0 Å². The number of anilines is 1. The van der Waals surface area contributed by atoms with Crippen LogP contribution in [0.25, 0.3) is 0 Å². The second-order valence-electron chi connectivity index (χ2n) is 5.04. The molecule has 0 unspecified atom stereocenters. The number of nitrogens with one attached hydrogen (secondary N) is 1. The van der Waals surface area contributed by atoms with Crippen molar-refractivity contribution in [2.45, 2.75) is 25.5 Å². The molecule has 0 saturated heterocycles. The van der Waals surface area contributed by atoms with Crippen LogP contribution < -0.4 is 10.1 Å². The Labute approximate surface area is 126 Å². The number of hydrogen-bond acceptors (Lipinski definition) is 2. The summed E-state index contributed by atoms with van der Waals surface area (Å²) in [5.74, 6) is -0.00748. The number of alkyl halides is 2. The van der Waals surface area contributed by atoms with E-state index in [4.69, 9.17) is 11.6 Å². The lowest BCUT2D eigenvalue weighted by molar-refractivity contribution is -0.0497. The van der Waals surface area contributed by atoms with Crippen molar-refractivity contribution in [1.29, 1.82) is 0 Å². The van der Waals surface area contributed by atoms with E-state index in [1.54, 1.807) is 12.1 Å². The van der Waals surface area contributed by atoms with E-state index in [2.05, 4.69) is 22.2 Å². The van der Waals surface area contributed by atoms with Crippen molar-refractivity contribution < 1.29 is 13.5 Å². The molecule has 5 heteroatoms. The van der Waals surface area contributed by atoms with Crippen LogP contribution >= 0.6 is 11.6 Å². The Balaban J connectivity index is 1.68. The molecule has 2 aromatic rings. The summed E-state index contributed by atoms with van der Waals surface area (Å²) < 4.78 is 28.7. The lowest BCUT2D eigenvalue weighted by atomic mass is 10.1. The summed E-state index contributed by atoms with van der Waals surface area (Å²) in [7, 11) is 0. The van der Waals surface area contributed by atoms with Crippen LogP contribution in [0, 0.1) is 0 Å². The molecule has 110 valence electrons. The molecule has 0 saturated carbocycles. The van der Waals surface area contributed by atoms with E-state index in [1.165, 1.54) is 17.2 Å². The number of rotatable bonds is 4. The second-order valence-corrected chi connectivity index (χ2v) is 5.45. The Hall–Kier alpha value is -1.81. The lowest BCUT2D eigenvalue weighted by Crippen LogP contribution is -2.19. The van der Waals surface area contributed by atoms with Crippen LogP contribution in [0.15, 0.2) is 42.5 Å². The average molecular weight is 310 g/mol. The van der Waals surface area contributed by atoms with Gasteiger partial charge < -0.3 is 10.1 Å². The fourth-order valence-corrected chi connectivity index (χ4v) is 2.90. The van der Waals surface area contributed by atoms with E-state index < -0.39 is 6.61 Å². The van der Waals surface area contributed by atoms with Gasteiger partial charge in [-0.25, -0.2) is 0 Å². The Morgan fingerprint density at radius 1 is 1.10 bits per heavy atom. The van der Waals surface area contributed by atoms with Gasteiger partial charge in [-0.1, -0.05) is 35.9 Å². The number of hydrogen-bond donors (Lipinski definition) is 1. The molecule has 3 rings (SSSR count). The molecule has 1 aliphatic rings. The first-order valence-electron chi connectivity index (χ1n) is 6.69. The third kappa shape index (κ3) is 3.27. The van der Waals surface area contributed by atoms with Crippen LogP contribution in [0.2, 0.25) is 5.02 Å². The van der Waals surface area contributed by atoms with Gasteiger partial charge in [-0.15, -0.1) is 0 Å². The highest BCUT2D eigenvalue weighted by Crippen LogP contribution is 2.30. The van der Waals surface area contributed by atoms with Crippen molar-refractivity contribution in [2.75, 3.05) is 5.32 Å². The first-order valence-corrected chi connectivity index (χ1v) is 7.07. The van der Waals surface area contributed by atoms with Crippen molar-refractivity contribution in [2.24, 2.45) is 0 Å². The molecular formula is C16H14ClF2NO. The molecule has 0 bridgehead atoms. The molecule has 0 spiro atoms. The van der Waals surface area contributed by atoms with E-state index in [-0.39, 0.29) is 10.8 Å². The minimum atomic E-state index is -2.87. The number of benzene rings is 2. The molecule has 21 heavy (non-hydrogen) atoms. The highest BCUT2D eigenvalue weighted by Gasteiger charge is 2.20. The van der Waals surface area contributed by atoms with Gasteiger partial charge in [0.2, 0.25) is 0 Å². The van der Waals surface area contributed by atoms with Gasteiger partial charge in [-0.2, -0.15) is 8.78 Å². The van der Waals surface area contributed by atoms with Gasteiger partial charge >= 0.3 is 6.61 Å². The van der Waals surface area contributed by atoms with Gasteiger partial charge in [0.1, 0.15) is 5.75 Å². The van der Waals surface area contributed by atoms with Gasteiger partial charge in [0.05, 0.1) is 5.02 Å². The molecule has 0 aromatic heterocycles. The Morgan fingerprint density at radius 3 is 2.33 bits per heavy atom. The fourth-order valence-electron chi connectivity index (χ4n) is 2.68. The predicted octanol–water partition coefficient (Wildman–Crippen LogP) is 4.52. The van der Waals surface area contributed by atoms with Crippen molar-refractivity contribution in [3.63, 3.8) is 0 Å². The van der Waals surface area contributed by atoms with Crippen molar-refractivity contribution in [3.05, 3.63) is 58.6 Å². The molecule has 0 amide bonds. The Bertz CT molecular complexity index is 623. The van der Waals surface area contributed by atoms with Crippen LogP contribution in [0.4, 0.5) is 14.5 Å². The summed E-state index contributed by atoms with van der Waals surface area (Å²) in [6.07, 6.45) is 1.89. The zero-order valence-corrected chi connectivity index (χ0v) is 11.9. The predicted molar refractivity (Wildman–Crippen MR) is 79.3 cm³/mol. The molecule has 0 heterocycles. The highest BCUT2D eigenvalue weighted by atomic mass is 35.5. The van der Waals surface area contributed by atoms with E-state index >= 15 is 0 Å². The quantitative estimate of drug-likeness (QED) is 0.896. The molecular weight excluding hydrogens is 296 g/mol. The largest absolute Gasteiger partial charge is 0.433 e. The minimum absolute atomic E-state index is 0.00748. The van der Waals surface area contributed by atoms with Crippen molar-refractivity contribution in [3.8, 4) is 5.75 Å². The zero-order valence-electron chi connectivity index (χ0n) is 11.2. The Morgan fingerprint density at radius 2 is 1.76 bits per heavy atom. The molecule has 2 aromatic carbocycles. The summed E-state index contributed by atoms with van der Waals surface area (Å²) in [6.45, 7) is -2.87. The SMILES string of the molecule is FC(F)Oc1ccc(NC2Cc3ccccc3C2)cc1Cl. The smallest absolute Gasteiger partial charge is 0.387 e. The normalized spacial score (nSPS) is 14.3. The monoisotopic (exact) mass is 309 g/mol. The zero-order chi connectivity index (χ0) is 14.8. The first-order chi connectivity index (χ1) is 10.1. The van der Waals surface area contributed by atoms with E-state index in [1.807, 2.05) is 12.1 Å². The van der Waals surface area contributed by atoms with Crippen LogP contribution in [0.1, 0.15) is 11.1 Å². The van der Waals surface area contributed by atoms with E-state index in [0.29, 0.717) is 6.04 Å². The fraction of sp³-hybridized carbons (Fsp3) is 0.250. The summed E-state index contributed by atoms with van der Waals surface area (Å²) in [6, 6.07) is 13.4. The van der Waals surface area contributed by atoms with E-state index in [0.717, 1.165) is 18.5 Å². The second kappa shape index (κ2) is 5.90. The maximum absolute atomic E-state index is 12.2.